The van der Waals surface area contributed by atoms with Crippen LogP contribution in [0.1, 0.15) is 34.1 Å². The summed E-state index contributed by atoms with van der Waals surface area (Å²) >= 11 is 0. The van der Waals surface area contributed by atoms with Gasteiger partial charge >= 0.3 is 0 Å². The van der Waals surface area contributed by atoms with Gasteiger partial charge in [0.1, 0.15) is 5.75 Å². The number of hydrogen-bond donors (Lipinski definition) is 2. The Labute approximate surface area is 126 Å². The van der Waals surface area contributed by atoms with Gasteiger partial charge in [0.25, 0.3) is 5.91 Å². The maximum atomic E-state index is 11.8. The third-order valence-corrected chi connectivity index (χ3v) is 2.57. The number of carbonyl (C=O) groups is 2. The smallest absolute Gasteiger partial charge is 0.257 e. The van der Waals surface area contributed by atoms with Gasteiger partial charge in [-0.25, -0.2) is 0 Å². The molecule has 0 aromatic heterocycles. The quantitative estimate of drug-likeness (QED) is 0.847. The molecule has 0 aliphatic carbocycles. The first-order valence-corrected chi connectivity index (χ1v) is 7.09. The molecular formula is C16H24N2O3. The fraction of sp³-hybridized carbons (Fsp3) is 0.500. The molecule has 2 N–H and O–H groups in total. The molecule has 0 atom stereocenters. The lowest BCUT2D eigenvalue weighted by molar-refractivity contribution is -0.123. The molecule has 0 saturated carbocycles. The van der Waals surface area contributed by atoms with Gasteiger partial charge in [0.2, 0.25) is 5.91 Å². The molecule has 0 saturated heterocycles. The largest absolute Gasteiger partial charge is 0.484 e. The van der Waals surface area contributed by atoms with Crippen molar-refractivity contribution < 1.29 is 14.3 Å². The summed E-state index contributed by atoms with van der Waals surface area (Å²) < 4.78 is 5.34. The molecule has 5 nitrogen and oxygen atoms in total. The van der Waals surface area contributed by atoms with Crippen LogP contribution in [-0.2, 0) is 9.59 Å². The predicted octanol–water partition coefficient (Wildman–Crippen LogP) is 2.58. The van der Waals surface area contributed by atoms with Gasteiger partial charge in [0.05, 0.1) is 0 Å². The van der Waals surface area contributed by atoms with Crippen molar-refractivity contribution in [3.05, 3.63) is 24.3 Å². The number of amides is 2. The van der Waals surface area contributed by atoms with Gasteiger partial charge in [-0.1, -0.05) is 20.8 Å². The zero-order valence-corrected chi connectivity index (χ0v) is 13.2. The molecule has 0 bridgehead atoms. The van der Waals surface area contributed by atoms with Gasteiger partial charge in [-0.3, -0.25) is 9.59 Å². The van der Waals surface area contributed by atoms with Crippen molar-refractivity contribution in [2.45, 2.75) is 34.1 Å². The second-order valence-corrected chi connectivity index (χ2v) is 6.05. The molecule has 21 heavy (non-hydrogen) atoms. The van der Waals surface area contributed by atoms with E-state index >= 15 is 0 Å². The number of hydrogen-bond acceptors (Lipinski definition) is 3. The van der Waals surface area contributed by atoms with E-state index in [0.717, 1.165) is 5.69 Å². The number of likely N-dealkylation sites (N-methyl/N-ethyl adjacent to an activating group) is 1. The van der Waals surface area contributed by atoms with Crippen LogP contribution in [0.25, 0.3) is 0 Å². The molecule has 0 aliphatic rings. The standard InChI is InChI=1S/C16H24N2O3/c1-5-17-15(20)11-21-13-8-6-12(7-9-13)18-14(19)10-16(2,3)4/h6-9H,5,10-11H2,1-4H3,(H,17,20)(H,18,19). The van der Waals surface area contributed by atoms with E-state index in [0.29, 0.717) is 18.7 Å². The lowest BCUT2D eigenvalue weighted by atomic mass is 9.92. The molecule has 1 rings (SSSR count). The van der Waals surface area contributed by atoms with Crippen molar-refractivity contribution in [1.29, 1.82) is 0 Å². The van der Waals surface area contributed by atoms with E-state index in [1.165, 1.54) is 0 Å². The second kappa shape index (κ2) is 7.67. The lowest BCUT2D eigenvalue weighted by Gasteiger charge is -2.17. The van der Waals surface area contributed by atoms with Gasteiger partial charge in [0, 0.05) is 18.7 Å². The summed E-state index contributed by atoms with van der Waals surface area (Å²) in [5.74, 6) is 0.425. The number of benzene rings is 1. The molecule has 116 valence electrons. The Kier molecular flexibility index (Phi) is 6.21. The Morgan fingerprint density at radius 1 is 1.10 bits per heavy atom. The van der Waals surface area contributed by atoms with E-state index in [1.54, 1.807) is 24.3 Å². The van der Waals surface area contributed by atoms with Crippen LogP contribution in [0.15, 0.2) is 24.3 Å². The fourth-order valence-electron chi connectivity index (χ4n) is 1.72. The molecule has 0 unspecified atom stereocenters. The van der Waals surface area contributed by atoms with E-state index in [1.807, 2.05) is 27.7 Å². The van der Waals surface area contributed by atoms with Crippen molar-refractivity contribution in [2.75, 3.05) is 18.5 Å². The fourth-order valence-corrected chi connectivity index (χ4v) is 1.72. The lowest BCUT2D eigenvalue weighted by Crippen LogP contribution is -2.28. The summed E-state index contributed by atoms with van der Waals surface area (Å²) in [5, 5.41) is 5.49. The third kappa shape index (κ3) is 7.34. The highest BCUT2D eigenvalue weighted by Crippen LogP contribution is 2.20. The number of carbonyl (C=O) groups excluding carboxylic acids is 2. The molecule has 0 spiro atoms. The van der Waals surface area contributed by atoms with Crippen molar-refractivity contribution in [3.8, 4) is 5.75 Å². The van der Waals surface area contributed by atoms with Crippen LogP contribution >= 0.6 is 0 Å². The van der Waals surface area contributed by atoms with Crippen LogP contribution in [0, 0.1) is 5.41 Å². The van der Waals surface area contributed by atoms with Gasteiger partial charge in [-0.05, 0) is 36.6 Å². The topological polar surface area (TPSA) is 67.4 Å². The third-order valence-electron chi connectivity index (χ3n) is 2.57. The van der Waals surface area contributed by atoms with E-state index in [4.69, 9.17) is 4.74 Å². The number of rotatable bonds is 6. The van der Waals surface area contributed by atoms with E-state index < -0.39 is 0 Å². The molecule has 0 fully saturated rings. The Morgan fingerprint density at radius 3 is 2.24 bits per heavy atom. The minimum absolute atomic E-state index is 0.0103. The monoisotopic (exact) mass is 292 g/mol. The van der Waals surface area contributed by atoms with E-state index in [-0.39, 0.29) is 23.8 Å². The summed E-state index contributed by atoms with van der Waals surface area (Å²) in [4.78, 5) is 23.1. The maximum Gasteiger partial charge on any atom is 0.257 e. The van der Waals surface area contributed by atoms with Gasteiger partial charge in [-0.15, -0.1) is 0 Å². The SMILES string of the molecule is CCNC(=O)COc1ccc(NC(=O)CC(C)(C)C)cc1. The molecule has 1 aromatic rings. The molecule has 2 amide bonds. The van der Waals surface area contributed by atoms with Crippen LogP contribution < -0.4 is 15.4 Å². The zero-order chi connectivity index (χ0) is 15.9. The maximum absolute atomic E-state index is 11.8. The average Bonchev–Trinajstić information content (AvgIpc) is 2.36. The van der Waals surface area contributed by atoms with E-state index in [2.05, 4.69) is 10.6 Å². The highest BCUT2D eigenvalue weighted by molar-refractivity contribution is 5.91. The Hall–Kier alpha value is -2.04. The molecule has 5 heteroatoms. The number of nitrogens with one attached hydrogen (secondary N) is 2. The van der Waals surface area contributed by atoms with Gasteiger partial charge < -0.3 is 15.4 Å². The first kappa shape index (κ1) is 17.0. The molecule has 0 aliphatic heterocycles. The molecular weight excluding hydrogens is 268 g/mol. The van der Waals surface area contributed by atoms with Crippen molar-refractivity contribution in [2.24, 2.45) is 5.41 Å². The normalized spacial score (nSPS) is 10.9. The highest BCUT2D eigenvalue weighted by atomic mass is 16.5. The van der Waals surface area contributed by atoms with Crippen LogP contribution in [0.5, 0.6) is 5.75 Å². The van der Waals surface area contributed by atoms with Crippen LogP contribution in [0.2, 0.25) is 0 Å². The minimum atomic E-state index is -0.153. The van der Waals surface area contributed by atoms with Crippen LogP contribution in [0.3, 0.4) is 0 Å². The highest BCUT2D eigenvalue weighted by Gasteiger charge is 2.15. The van der Waals surface area contributed by atoms with Gasteiger partial charge in [-0.2, -0.15) is 0 Å². The molecule has 1 aromatic carbocycles. The first-order valence-electron chi connectivity index (χ1n) is 7.09. The summed E-state index contributed by atoms with van der Waals surface area (Å²) in [7, 11) is 0. The number of anilines is 1. The predicted molar refractivity (Wildman–Crippen MR) is 83.3 cm³/mol. The summed E-state index contributed by atoms with van der Waals surface area (Å²) in [6.07, 6.45) is 0.461. The Morgan fingerprint density at radius 2 is 1.71 bits per heavy atom. The van der Waals surface area contributed by atoms with E-state index in [9.17, 15) is 9.59 Å². The van der Waals surface area contributed by atoms with Gasteiger partial charge in [0.15, 0.2) is 6.61 Å². The summed E-state index contributed by atoms with van der Waals surface area (Å²) in [6.45, 7) is 8.48. The minimum Gasteiger partial charge on any atom is -0.484 e. The second-order valence-electron chi connectivity index (χ2n) is 6.05. The first-order chi connectivity index (χ1) is 9.80. The Balaban J connectivity index is 2.47. The van der Waals surface area contributed by atoms with Crippen molar-refractivity contribution in [3.63, 3.8) is 0 Å². The van der Waals surface area contributed by atoms with Crippen molar-refractivity contribution in [1.82, 2.24) is 5.32 Å². The average molecular weight is 292 g/mol. The Bertz CT molecular complexity index is 475. The summed E-state index contributed by atoms with van der Waals surface area (Å²) in [5.41, 5.74) is 0.675. The van der Waals surface area contributed by atoms with Crippen molar-refractivity contribution >= 4 is 17.5 Å². The number of ether oxygens (including phenoxy) is 1. The molecule has 0 radical (unpaired) electrons. The molecule has 0 heterocycles. The van der Waals surface area contributed by atoms with Crippen LogP contribution in [0.4, 0.5) is 5.69 Å². The summed E-state index contributed by atoms with van der Waals surface area (Å²) in [6, 6.07) is 6.97. The van der Waals surface area contributed by atoms with Crippen LogP contribution in [-0.4, -0.2) is 25.0 Å². The zero-order valence-electron chi connectivity index (χ0n) is 13.2.